The molecule has 0 fully saturated rings. The SMILES string of the molecule is Cc1c(NS(=O)(=O)c2c(Br)nnn2C)cccc1[N+](=O)[O-]. The van der Waals surface area contributed by atoms with Crippen molar-refractivity contribution in [3.8, 4) is 0 Å². The number of nitrogens with one attached hydrogen (secondary N) is 1. The van der Waals surface area contributed by atoms with E-state index in [-0.39, 0.29) is 26.6 Å². The van der Waals surface area contributed by atoms with Crippen LogP contribution >= 0.6 is 15.9 Å². The van der Waals surface area contributed by atoms with Gasteiger partial charge in [-0.2, -0.15) is 8.42 Å². The Bertz CT molecular complexity index is 797. The topological polar surface area (TPSA) is 120 Å². The van der Waals surface area contributed by atoms with E-state index in [0.717, 1.165) is 4.68 Å². The van der Waals surface area contributed by atoms with Gasteiger partial charge in [0.2, 0.25) is 5.03 Å². The fourth-order valence-electron chi connectivity index (χ4n) is 1.73. The number of rotatable bonds is 4. The number of hydrogen-bond acceptors (Lipinski definition) is 6. The molecule has 0 atom stereocenters. The Morgan fingerprint density at radius 1 is 1.43 bits per heavy atom. The third-order valence-electron chi connectivity index (χ3n) is 2.74. The van der Waals surface area contributed by atoms with Crippen molar-refractivity contribution in [3.63, 3.8) is 0 Å². The summed E-state index contributed by atoms with van der Waals surface area (Å²) in [6.45, 7) is 1.46. The lowest BCUT2D eigenvalue weighted by Gasteiger charge is -2.10. The third-order valence-corrected chi connectivity index (χ3v) is 4.99. The van der Waals surface area contributed by atoms with Gasteiger partial charge in [0.15, 0.2) is 4.60 Å². The molecule has 0 aliphatic heterocycles. The van der Waals surface area contributed by atoms with Gasteiger partial charge in [0.25, 0.3) is 15.7 Å². The zero-order chi connectivity index (χ0) is 15.8. The highest BCUT2D eigenvalue weighted by Gasteiger charge is 2.25. The first-order valence-electron chi connectivity index (χ1n) is 5.56. The summed E-state index contributed by atoms with van der Waals surface area (Å²) < 4.78 is 28.1. The summed E-state index contributed by atoms with van der Waals surface area (Å²) in [4.78, 5) is 10.3. The van der Waals surface area contributed by atoms with Crippen LogP contribution in [0.15, 0.2) is 27.8 Å². The van der Waals surface area contributed by atoms with Crippen LogP contribution in [0.1, 0.15) is 5.56 Å². The summed E-state index contributed by atoms with van der Waals surface area (Å²) >= 11 is 3.00. The van der Waals surface area contributed by atoms with Crippen LogP contribution in [0, 0.1) is 17.0 Å². The van der Waals surface area contributed by atoms with Gasteiger partial charge in [-0.3, -0.25) is 14.8 Å². The van der Waals surface area contributed by atoms with Crippen molar-refractivity contribution in [2.75, 3.05) is 4.72 Å². The van der Waals surface area contributed by atoms with Crippen molar-refractivity contribution in [1.82, 2.24) is 15.0 Å². The highest BCUT2D eigenvalue weighted by molar-refractivity contribution is 9.10. The zero-order valence-corrected chi connectivity index (χ0v) is 13.3. The van der Waals surface area contributed by atoms with E-state index in [2.05, 4.69) is 31.0 Å². The number of nitro benzene ring substituents is 1. The van der Waals surface area contributed by atoms with Gasteiger partial charge in [-0.05, 0) is 28.9 Å². The second-order valence-corrected chi connectivity index (χ2v) is 6.47. The van der Waals surface area contributed by atoms with Crippen LogP contribution in [-0.4, -0.2) is 28.3 Å². The summed E-state index contributed by atoms with van der Waals surface area (Å²) in [5, 5.41) is 17.9. The molecule has 112 valence electrons. The molecule has 0 aliphatic carbocycles. The van der Waals surface area contributed by atoms with Crippen LogP contribution in [0.2, 0.25) is 0 Å². The minimum Gasteiger partial charge on any atom is -0.278 e. The molecule has 0 bridgehead atoms. The smallest absolute Gasteiger partial charge is 0.278 e. The summed E-state index contributed by atoms with van der Waals surface area (Å²) in [5.74, 6) is 0. The van der Waals surface area contributed by atoms with Gasteiger partial charge in [0.05, 0.1) is 16.2 Å². The maximum absolute atomic E-state index is 12.3. The summed E-state index contributed by atoms with van der Waals surface area (Å²) in [6, 6.07) is 4.14. The standard InChI is InChI=1S/C10H10BrN5O4S/c1-6-7(4-3-5-8(6)16(17)18)13-21(19,20)10-9(11)12-14-15(10)2/h3-5,13H,1-2H3. The quantitative estimate of drug-likeness (QED) is 0.639. The normalized spacial score (nSPS) is 11.4. The van der Waals surface area contributed by atoms with E-state index in [0.29, 0.717) is 0 Å². The molecular weight excluding hydrogens is 366 g/mol. The largest absolute Gasteiger partial charge is 0.281 e. The van der Waals surface area contributed by atoms with Crippen LogP contribution in [0.25, 0.3) is 0 Å². The Kier molecular flexibility index (Phi) is 3.96. The van der Waals surface area contributed by atoms with E-state index in [9.17, 15) is 18.5 Å². The molecule has 1 aromatic carbocycles. The van der Waals surface area contributed by atoms with Gasteiger partial charge in [0.1, 0.15) is 0 Å². The monoisotopic (exact) mass is 375 g/mol. The Morgan fingerprint density at radius 3 is 2.62 bits per heavy atom. The number of halogens is 1. The lowest BCUT2D eigenvalue weighted by Crippen LogP contribution is -2.18. The molecule has 0 spiro atoms. The molecule has 2 aromatic rings. The zero-order valence-electron chi connectivity index (χ0n) is 10.9. The first-order valence-corrected chi connectivity index (χ1v) is 7.83. The van der Waals surface area contributed by atoms with Crippen molar-refractivity contribution in [2.24, 2.45) is 7.05 Å². The first kappa shape index (κ1) is 15.4. The highest BCUT2D eigenvalue weighted by Crippen LogP contribution is 2.28. The molecule has 9 nitrogen and oxygen atoms in total. The minimum absolute atomic E-state index is 0.0561. The van der Waals surface area contributed by atoms with E-state index >= 15 is 0 Å². The Labute approximate surface area is 128 Å². The van der Waals surface area contributed by atoms with Crippen LogP contribution in [-0.2, 0) is 17.1 Å². The molecule has 0 saturated heterocycles. The molecule has 21 heavy (non-hydrogen) atoms. The van der Waals surface area contributed by atoms with Gasteiger partial charge >= 0.3 is 0 Å². The predicted octanol–water partition coefficient (Wildman–Crippen LogP) is 1.60. The second-order valence-electron chi connectivity index (χ2n) is 4.12. The molecule has 1 heterocycles. The van der Waals surface area contributed by atoms with Crippen molar-refractivity contribution >= 4 is 37.3 Å². The van der Waals surface area contributed by atoms with E-state index in [1.165, 1.54) is 32.2 Å². The number of aryl methyl sites for hydroxylation is 1. The second kappa shape index (κ2) is 5.41. The number of benzene rings is 1. The summed E-state index contributed by atoms with van der Waals surface area (Å²) in [5.41, 5.74) is 0.173. The maximum atomic E-state index is 12.3. The Balaban J connectivity index is 2.48. The lowest BCUT2D eigenvalue weighted by molar-refractivity contribution is -0.385. The van der Waals surface area contributed by atoms with E-state index in [1.54, 1.807) is 0 Å². The fourth-order valence-corrected chi connectivity index (χ4v) is 3.95. The molecule has 0 radical (unpaired) electrons. The van der Waals surface area contributed by atoms with Gasteiger partial charge < -0.3 is 0 Å². The minimum atomic E-state index is -3.98. The maximum Gasteiger partial charge on any atom is 0.281 e. The lowest BCUT2D eigenvalue weighted by atomic mass is 10.2. The fraction of sp³-hybridized carbons (Fsp3) is 0.200. The van der Waals surface area contributed by atoms with Crippen LogP contribution < -0.4 is 4.72 Å². The van der Waals surface area contributed by atoms with Crippen molar-refractivity contribution in [2.45, 2.75) is 11.9 Å². The predicted molar refractivity (Wildman–Crippen MR) is 77.3 cm³/mol. The molecule has 11 heteroatoms. The Hall–Kier alpha value is -2.01. The number of hydrogen-bond donors (Lipinski definition) is 1. The molecular formula is C10H10BrN5O4S. The number of sulfonamides is 1. The van der Waals surface area contributed by atoms with E-state index in [1.807, 2.05) is 0 Å². The van der Waals surface area contributed by atoms with Crippen molar-refractivity contribution < 1.29 is 13.3 Å². The van der Waals surface area contributed by atoms with Gasteiger partial charge in [-0.25, -0.2) is 4.68 Å². The van der Waals surface area contributed by atoms with E-state index in [4.69, 9.17) is 0 Å². The molecule has 1 N–H and O–H groups in total. The number of nitrogens with zero attached hydrogens (tertiary/aromatic N) is 4. The number of nitro groups is 1. The van der Waals surface area contributed by atoms with Crippen LogP contribution in [0.4, 0.5) is 11.4 Å². The average molecular weight is 376 g/mol. The molecule has 1 aromatic heterocycles. The van der Waals surface area contributed by atoms with Gasteiger partial charge in [-0.1, -0.05) is 11.3 Å². The van der Waals surface area contributed by atoms with Crippen molar-refractivity contribution in [1.29, 1.82) is 0 Å². The van der Waals surface area contributed by atoms with Gasteiger partial charge in [0, 0.05) is 13.1 Å². The van der Waals surface area contributed by atoms with Crippen molar-refractivity contribution in [3.05, 3.63) is 38.5 Å². The van der Waals surface area contributed by atoms with Crippen LogP contribution in [0.5, 0.6) is 0 Å². The molecule has 2 rings (SSSR count). The van der Waals surface area contributed by atoms with Crippen LogP contribution in [0.3, 0.4) is 0 Å². The summed E-state index contributed by atoms with van der Waals surface area (Å²) in [6.07, 6.45) is 0. The molecule has 0 aliphatic rings. The Morgan fingerprint density at radius 2 is 2.10 bits per heavy atom. The average Bonchev–Trinajstić information content (AvgIpc) is 2.71. The first-order chi connectivity index (χ1) is 9.74. The van der Waals surface area contributed by atoms with E-state index < -0.39 is 14.9 Å². The molecule has 0 amide bonds. The number of anilines is 1. The van der Waals surface area contributed by atoms with Gasteiger partial charge in [-0.15, -0.1) is 5.10 Å². The summed E-state index contributed by atoms with van der Waals surface area (Å²) in [7, 11) is -2.55. The molecule has 0 unspecified atom stereocenters. The molecule has 0 saturated carbocycles. The highest BCUT2D eigenvalue weighted by atomic mass is 79.9. The number of aromatic nitrogens is 3. The third kappa shape index (κ3) is 2.88.